The minimum Gasteiger partial charge on any atom is -0.493 e. The van der Waals surface area contributed by atoms with Crippen LogP contribution < -0.4 is 43.8 Å². The number of hydrogen-bond donors (Lipinski definition) is 2. The summed E-state index contributed by atoms with van der Waals surface area (Å²) in [6.45, 7) is 1.10. The summed E-state index contributed by atoms with van der Waals surface area (Å²) in [6.07, 6.45) is 3.54. The van der Waals surface area contributed by atoms with Crippen LogP contribution in [0.1, 0.15) is 71.4 Å². The van der Waals surface area contributed by atoms with Crippen LogP contribution in [0.5, 0.6) is 40.2 Å². The van der Waals surface area contributed by atoms with Crippen LogP contribution in [0.25, 0.3) is 0 Å². The van der Waals surface area contributed by atoms with E-state index in [4.69, 9.17) is 38.0 Å². The van der Waals surface area contributed by atoms with Gasteiger partial charge in [0, 0.05) is 23.2 Å². The van der Waals surface area contributed by atoms with Crippen molar-refractivity contribution in [3.63, 3.8) is 0 Å². The number of anilines is 1. The molecule has 1 amide bonds. The molecule has 4 aromatic carbocycles. The third-order valence-electron chi connectivity index (χ3n) is 9.05. The predicted octanol–water partition coefficient (Wildman–Crippen LogP) is 7.47. The van der Waals surface area contributed by atoms with Crippen LogP contribution in [0.15, 0.2) is 78.0 Å². The van der Waals surface area contributed by atoms with E-state index in [0.29, 0.717) is 65.4 Å². The summed E-state index contributed by atoms with van der Waals surface area (Å²) in [5, 5.41) is 10.8. The molecule has 6 rings (SSSR count). The molecule has 0 saturated carbocycles. The first-order chi connectivity index (χ1) is 25.5. The number of methoxy groups -OCH3 is 5. The highest BCUT2D eigenvalue weighted by Crippen LogP contribution is 2.43. The molecule has 12 heteroatoms. The van der Waals surface area contributed by atoms with Crippen molar-refractivity contribution in [3.05, 3.63) is 95.1 Å². The van der Waals surface area contributed by atoms with Crippen molar-refractivity contribution in [2.75, 3.05) is 54.1 Å². The smallest absolute Gasteiger partial charge is 0.255 e. The van der Waals surface area contributed by atoms with Crippen molar-refractivity contribution in [2.24, 2.45) is 5.16 Å². The maximum absolute atomic E-state index is 12.6. The Morgan fingerprint density at radius 2 is 1.37 bits per heavy atom. The first kappa shape index (κ1) is 36.0. The Morgan fingerprint density at radius 3 is 2.06 bits per heavy atom. The summed E-state index contributed by atoms with van der Waals surface area (Å²) in [4.78, 5) is 18.5. The number of amides is 1. The average molecular weight is 712 g/mol. The van der Waals surface area contributed by atoms with Gasteiger partial charge in [-0.05, 0) is 73.7 Å². The number of ether oxygens (including phenoxy) is 7. The van der Waals surface area contributed by atoms with Gasteiger partial charge in [0.15, 0.2) is 40.6 Å². The number of nitrogens with zero attached hydrogens (tertiary/aromatic N) is 1. The van der Waals surface area contributed by atoms with Crippen molar-refractivity contribution in [1.29, 1.82) is 0 Å². The molecule has 2 aliphatic heterocycles. The van der Waals surface area contributed by atoms with E-state index in [-0.39, 0.29) is 18.2 Å². The molecule has 0 saturated heterocycles. The second-order valence-electron chi connectivity index (χ2n) is 12.2. The second kappa shape index (κ2) is 17.0. The third-order valence-corrected chi connectivity index (χ3v) is 9.05. The van der Waals surface area contributed by atoms with Gasteiger partial charge in [-0.15, -0.1) is 0 Å². The van der Waals surface area contributed by atoms with E-state index in [1.807, 2.05) is 66.7 Å². The molecule has 52 heavy (non-hydrogen) atoms. The number of hydrogen-bond acceptors (Lipinski definition) is 11. The molecule has 0 radical (unpaired) electrons. The van der Waals surface area contributed by atoms with Crippen molar-refractivity contribution >= 4 is 17.3 Å². The summed E-state index contributed by atoms with van der Waals surface area (Å²) in [6, 6.07) is 22.7. The monoisotopic (exact) mass is 711 g/mol. The van der Waals surface area contributed by atoms with Crippen LogP contribution in [0.4, 0.5) is 5.69 Å². The number of carbonyl (C=O) groups is 1. The zero-order valence-corrected chi connectivity index (χ0v) is 30.2. The van der Waals surface area contributed by atoms with Gasteiger partial charge in [-0.2, -0.15) is 0 Å². The summed E-state index contributed by atoms with van der Waals surface area (Å²) < 4.78 is 40.1. The minimum absolute atomic E-state index is 0.117. The number of fused-ring (bicyclic) bond motifs is 1. The summed E-state index contributed by atoms with van der Waals surface area (Å²) in [5.74, 6) is 4.07. The maximum Gasteiger partial charge on any atom is 0.255 e. The molecule has 0 spiro atoms. The van der Waals surface area contributed by atoms with Crippen molar-refractivity contribution in [3.8, 4) is 40.2 Å². The van der Waals surface area contributed by atoms with E-state index in [1.54, 1.807) is 41.6 Å². The Morgan fingerprint density at radius 1 is 0.673 bits per heavy atom. The SMILES string of the molecule is COc1cc(C2NC(=O)c3ccccc3N2)ccc1OCCCCCCOc1cccc(C2CC(c3cc(OC)c(OC)c(OC)c3)=NO2)c1OC. The number of carbonyl (C=O) groups excluding carboxylic acids is 1. The predicted molar refractivity (Wildman–Crippen MR) is 197 cm³/mol. The molecule has 2 aliphatic rings. The lowest BCUT2D eigenvalue weighted by molar-refractivity contribution is 0.0832. The van der Waals surface area contributed by atoms with Gasteiger partial charge in [-0.3, -0.25) is 4.79 Å². The quantitative estimate of drug-likeness (QED) is 0.107. The second-order valence-corrected chi connectivity index (χ2v) is 12.2. The molecule has 2 unspecified atom stereocenters. The van der Waals surface area contributed by atoms with E-state index in [9.17, 15) is 4.79 Å². The van der Waals surface area contributed by atoms with E-state index in [0.717, 1.165) is 53.8 Å². The van der Waals surface area contributed by atoms with Crippen molar-refractivity contribution in [1.82, 2.24) is 5.32 Å². The zero-order chi connectivity index (χ0) is 36.5. The van der Waals surface area contributed by atoms with Crippen LogP contribution in [-0.4, -0.2) is 60.4 Å². The minimum atomic E-state index is -0.367. The van der Waals surface area contributed by atoms with Gasteiger partial charge in [0.2, 0.25) is 5.75 Å². The van der Waals surface area contributed by atoms with Crippen LogP contribution in [0.2, 0.25) is 0 Å². The van der Waals surface area contributed by atoms with Gasteiger partial charge >= 0.3 is 0 Å². The Bertz CT molecular complexity index is 1870. The van der Waals surface area contributed by atoms with Crippen LogP contribution in [0.3, 0.4) is 0 Å². The van der Waals surface area contributed by atoms with Crippen LogP contribution >= 0.6 is 0 Å². The topological polar surface area (TPSA) is 127 Å². The average Bonchev–Trinajstić information content (AvgIpc) is 3.68. The molecule has 0 fully saturated rings. The highest BCUT2D eigenvalue weighted by atomic mass is 16.6. The molecule has 2 N–H and O–H groups in total. The summed E-state index contributed by atoms with van der Waals surface area (Å²) >= 11 is 0. The molecular formula is C40H45N3O9. The third kappa shape index (κ3) is 7.91. The molecule has 0 aromatic heterocycles. The van der Waals surface area contributed by atoms with Crippen molar-refractivity contribution < 1.29 is 42.8 Å². The number of oxime groups is 1. The number of para-hydroxylation sites is 2. The van der Waals surface area contributed by atoms with Gasteiger partial charge in [0.1, 0.15) is 6.17 Å². The molecule has 0 aliphatic carbocycles. The lowest BCUT2D eigenvalue weighted by Gasteiger charge is -2.28. The van der Waals surface area contributed by atoms with E-state index in [2.05, 4.69) is 15.8 Å². The first-order valence-corrected chi connectivity index (χ1v) is 17.3. The Balaban J connectivity index is 0.952. The highest BCUT2D eigenvalue weighted by Gasteiger charge is 2.30. The molecule has 274 valence electrons. The molecule has 2 heterocycles. The van der Waals surface area contributed by atoms with E-state index in [1.165, 1.54) is 0 Å². The Kier molecular flexibility index (Phi) is 11.7. The lowest BCUT2D eigenvalue weighted by atomic mass is 9.98. The lowest BCUT2D eigenvalue weighted by Crippen LogP contribution is -2.38. The fourth-order valence-electron chi connectivity index (χ4n) is 6.36. The fourth-order valence-corrected chi connectivity index (χ4v) is 6.36. The Labute approximate surface area is 303 Å². The maximum atomic E-state index is 12.6. The van der Waals surface area contributed by atoms with Gasteiger partial charge in [0.05, 0.1) is 60.0 Å². The molecule has 2 atom stereocenters. The normalized spacial score (nSPS) is 16.0. The highest BCUT2D eigenvalue weighted by molar-refractivity contribution is 6.02. The van der Waals surface area contributed by atoms with Gasteiger partial charge in [-0.1, -0.05) is 35.5 Å². The van der Waals surface area contributed by atoms with Crippen LogP contribution in [0, 0.1) is 0 Å². The van der Waals surface area contributed by atoms with Gasteiger partial charge in [0.25, 0.3) is 5.91 Å². The van der Waals surface area contributed by atoms with Gasteiger partial charge in [-0.25, -0.2) is 0 Å². The standard InChI is InChI=1S/C40H45N3O9/c1-45-34-21-25(39-41-29-15-9-8-13-27(29)40(44)42-39)17-18-31(34)50-19-10-6-7-11-20-51-32-16-12-14-28(37(32)48-4)33-24-30(43-52-33)26-22-35(46-2)38(49-5)36(23-26)47-3/h8-9,12-18,21-23,33,39,41H,6-7,10-11,19-20,24H2,1-5H3,(H,42,44). The zero-order valence-electron chi connectivity index (χ0n) is 30.2. The number of unbranched alkanes of at least 4 members (excludes halogenated alkanes) is 3. The van der Waals surface area contributed by atoms with Crippen LogP contribution in [-0.2, 0) is 4.84 Å². The van der Waals surface area contributed by atoms with E-state index >= 15 is 0 Å². The molecule has 0 bridgehead atoms. The molecular weight excluding hydrogens is 666 g/mol. The number of nitrogens with one attached hydrogen (secondary N) is 2. The fraction of sp³-hybridized carbons (Fsp3) is 0.350. The largest absolute Gasteiger partial charge is 0.493 e. The van der Waals surface area contributed by atoms with Crippen molar-refractivity contribution in [2.45, 2.75) is 44.4 Å². The number of benzene rings is 4. The Hall–Kier alpha value is -5.78. The number of rotatable bonds is 17. The van der Waals surface area contributed by atoms with E-state index < -0.39 is 0 Å². The first-order valence-electron chi connectivity index (χ1n) is 17.3. The molecule has 4 aromatic rings. The molecule has 12 nitrogen and oxygen atoms in total. The summed E-state index contributed by atoms with van der Waals surface area (Å²) in [5.41, 5.74) is 4.73. The summed E-state index contributed by atoms with van der Waals surface area (Å²) in [7, 11) is 7.99. The van der Waals surface area contributed by atoms with Gasteiger partial charge < -0.3 is 48.6 Å².